The lowest BCUT2D eigenvalue weighted by Crippen LogP contribution is -2.43. The zero-order valence-electron chi connectivity index (χ0n) is 8.89. The highest BCUT2D eigenvalue weighted by Crippen LogP contribution is 2.17. The maximum Gasteiger partial charge on any atom is 0.268 e. The van der Waals surface area contributed by atoms with Crippen LogP contribution in [0.1, 0.15) is 19.8 Å². The number of alkyl halides is 1. The second-order valence-electron chi connectivity index (χ2n) is 3.58. The molecule has 0 radical (unpaired) electrons. The van der Waals surface area contributed by atoms with Gasteiger partial charge < -0.3 is 10.6 Å². The molecule has 0 aliphatic carbocycles. The van der Waals surface area contributed by atoms with Crippen molar-refractivity contribution in [2.75, 3.05) is 11.8 Å². The van der Waals surface area contributed by atoms with Crippen LogP contribution >= 0.6 is 11.6 Å². The third kappa shape index (κ3) is 3.08. The van der Waals surface area contributed by atoms with Gasteiger partial charge in [-0.2, -0.15) is 0 Å². The van der Waals surface area contributed by atoms with Gasteiger partial charge in [0.25, 0.3) is 10.0 Å². The first-order chi connectivity index (χ1) is 7.37. The molecule has 1 aliphatic heterocycles. The van der Waals surface area contributed by atoms with Gasteiger partial charge in [-0.3, -0.25) is 4.79 Å². The Bertz CT molecular complexity index is 407. The lowest BCUT2D eigenvalue weighted by Gasteiger charge is -2.22. The van der Waals surface area contributed by atoms with Crippen LogP contribution in [0.3, 0.4) is 0 Å². The summed E-state index contributed by atoms with van der Waals surface area (Å²) >= 11 is 5.21. The fourth-order valence-electron chi connectivity index (χ4n) is 1.70. The summed E-state index contributed by atoms with van der Waals surface area (Å²) in [6.07, 6.45) is 1.42. The summed E-state index contributed by atoms with van der Waals surface area (Å²) in [7, 11) is -3.71. The summed E-state index contributed by atoms with van der Waals surface area (Å²) in [5.74, 6) is -0.197. The van der Waals surface area contributed by atoms with E-state index in [2.05, 4.69) is 4.40 Å². The summed E-state index contributed by atoms with van der Waals surface area (Å²) in [4.78, 5) is 12.8. The number of carbonyl (C=O) groups excluding carboxylic acids is 1. The maximum absolute atomic E-state index is 11.2. The molecule has 1 rings (SSSR count). The smallest absolute Gasteiger partial charge is 0.268 e. The predicted molar refractivity (Wildman–Crippen MR) is 61.7 cm³/mol. The van der Waals surface area contributed by atoms with Crippen LogP contribution in [0.2, 0.25) is 0 Å². The molecule has 16 heavy (non-hydrogen) atoms. The van der Waals surface area contributed by atoms with Crippen molar-refractivity contribution >= 4 is 33.4 Å². The molecule has 0 aromatic heterocycles. The number of halogens is 1. The third-order valence-electron chi connectivity index (χ3n) is 2.38. The Morgan fingerprint density at radius 3 is 2.75 bits per heavy atom. The SMILES string of the molecule is CC(=O)N1CCC[C@H]1/C(N)=N/S(=O)(=O)CCl. The first-order valence-electron chi connectivity index (χ1n) is 4.78. The van der Waals surface area contributed by atoms with Gasteiger partial charge in [-0.25, -0.2) is 8.42 Å². The molecular formula is C8H14ClN3O3S. The van der Waals surface area contributed by atoms with E-state index in [0.717, 1.165) is 6.42 Å². The van der Waals surface area contributed by atoms with Gasteiger partial charge in [0.15, 0.2) is 0 Å². The number of carbonyl (C=O) groups is 1. The van der Waals surface area contributed by atoms with E-state index in [9.17, 15) is 13.2 Å². The molecule has 0 bridgehead atoms. The molecule has 0 spiro atoms. The summed E-state index contributed by atoms with van der Waals surface area (Å²) in [5.41, 5.74) is 5.59. The first kappa shape index (κ1) is 13.2. The standard InChI is InChI=1S/C8H14ClN3O3S/c1-6(13)12-4-2-3-7(12)8(10)11-16(14,15)5-9/h7H,2-5H2,1H3,(H2,10,11)/t7-/m0/s1. The van der Waals surface area contributed by atoms with Crippen molar-refractivity contribution < 1.29 is 13.2 Å². The van der Waals surface area contributed by atoms with E-state index in [1.807, 2.05) is 0 Å². The van der Waals surface area contributed by atoms with Crippen molar-refractivity contribution in [2.45, 2.75) is 25.8 Å². The predicted octanol–water partition coefficient (Wildman–Crippen LogP) is -0.119. The van der Waals surface area contributed by atoms with Crippen LogP contribution in [0.25, 0.3) is 0 Å². The Morgan fingerprint density at radius 1 is 1.62 bits per heavy atom. The van der Waals surface area contributed by atoms with Crippen molar-refractivity contribution in [3.8, 4) is 0 Å². The molecule has 0 aromatic carbocycles. The summed E-state index contributed by atoms with van der Waals surface area (Å²) in [6.45, 7) is 2.00. The topological polar surface area (TPSA) is 92.8 Å². The number of rotatable bonds is 3. The van der Waals surface area contributed by atoms with Crippen LogP contribution in [-0.4, -0.2) is 42.9 Å². The van der Waals surface area contributed by atoms with E-state index in [4.69, 9.17) is 17.3 Å². The Morgan fingerprint density at radius 2 is 2.25 bits per heavy atom. The second kappa shape index (κ2) is 5.01. The second-order valence-corrected chi connectivity index (χ2v) is 5.80. The molecule has 0 saturated carbocycles. The monoisotopic (exact) mass is 267 g/mol. The highest BCUT2D eigenvalue weighted by atomic mass is 35.5. The quantitative estimate of drug-likeness (QED) is 0.438. The van der Waals surface area contributed by atoms with E-state index in [1.165, 1.54) is 11.8 Å². The van der Waals surface area contributed by atoms with Crippen LogP contribution in [0.5, 0.6) is 0 Å². The highest BCUT2D eigenvalue weighted by Gasteiger charge is 2.30. The zero-order chi connectivity index (χ0) is 12.3. The third-order valence-corrected chi connectivity index (χ3v) is 3.97. The van der Waals surface area contributed by atoms with Crippen molar-refractivity contribution in [3.63, 3.8) is 0 Å². The van der Waals surface area contributed by atoms with Crippen molar-refractivity contribution in [1.29, 1.82) is 0 Å². The Hall–Kier alpha value is -0.820. The molecule has 1 saturated heterocycles. The maximum atomic E-state index is 11.2. The average molecular weight is 268 g/mol. The van der Waals surface area contributed by atoms with Crippen LogP contribution in [0.15, 0.2) is 4.40 Å². The largest absolute Gasteiger partial charge is 0.385 e. The van der Waals surface area contributed by atoms with E-state index < -0.39 is 21.3 Å². The van der Waals surface area contributed by atoms with Gasteiger partial charge in [0.1, 0.15) is 11.0 Å². The molecule has 1 amide bonds. The minimum Gasteiger partial charge on any atom is -0.385 e. The molecule has 92 valence electrons. The lowest BCUT2D eigenvalue weighted by molar-refractivity contribution is -0.128. The lowest BCUT2D eigenvalue weighted by atomic mass is 10.2. The Balaban J connectivity index is 2.89. The fourth-order valence-corrected chi connectivity index (χ4v) is 2.34. The van der Waals surface area contributed by atoms with Crippen LogP contribution < -0.4 is 5.73 Å². The molecule has 1 fully saturated rings. The Kier molecular flexibility index (Phi) is 4.15. The van der Waals surface area contributed by atoms with Gasteiger partial charge in [-0.15, -0.1) is 16.0 Å². The molecule has 8 heteroatoms. The molecule has 0 unspecified atom stereocenters. The number of amides is 1. The number of amidine groups is 1. The van der Waals surface area contributed by atoms with E-state index in [1.54, 1.807) is 0 Å². The Labute approximate surface area is 99.5 Å². The number of hydrogen-bond donors (Lipinski definition) is 1. The van der Waals surface area contributed by atoms with E-state index in [0.29, 0.717) is 13.0 Å². The van der Waals surface area contributed by atoms with Gasteiger partial charge in [0.2, 0.25) is 5.91 Å². The van der Waals surface area contributed by atoms with Gasteiger partial charge in [-0.05, 0) is 12.8 Å². The average Bonchev–Trinajstić information content (AvgIpc) is 2.65. The minimum atomic E-state index is -3.71. The van der Waals surface area contributed by atoms with Gasteiger partial charge in [-0.1, -0.05) is 0 Å². The normalized spacial score (nSPS) is 22.5. The fraction of sp³-hybridized carbons (Fsp3) is 0.750. The number of hydrogen-bond acceptors (Lipinski definition) is 3. The first-order valence-corrected chi connectivity index (χ1v) is 6.93. The highest BCUT2D eigenvalue weighted by molar-refractivity contribution is 7.91. The number of sulfonamides is 1. The number of nitrogens with two attached hydrogens (primary N) is 1. The summed E-state index contributed by atoms with van der Waals surface area (Å²) in [5, 5.41) is -0.611. The van der Waals surface area contributed by atoms with Gasteiger partial charge in [0.05, 0.1) is 6.04 Å². The van der Waals surface area contributed by atoms with Gasteiger partial charge >= 0.3 is 0 Å². The zero-order valence-corrected chi connectivity index (χ0v) is 10.5. The van der Waals surface area contributed by atoms with Crippen molar-refractivity contribution in [3.05, 3.63) is 0 Å². The molecule has 1 heterocycles. The van der Waals surface area contributed by atoms with Crippen molar-refractivity contribution in [2.24, 2.45) is 10.1 Å². The van der Waals surface area contributed by atoms with Gasteiger partial charge in [0, 0.05) is 13.5 Å². The molecule has 1 aliphatic rings. The van der Waals surface area contributed by atoms with E-state index in [-0.39, 0.29) is 11.7 Å². The van der Waals surface area contributed by atoms with Crippen LogP contribution in [0.4, 0.5) is 0 Å². The summed E-state index contributed by atoms with van der Waals surface area (Å²) < 4.78 is 25.7. The number of likely N-dealkylation sites (tertiary alicyclic amines) is 1. The molecule has 0 aromatic rings. The molecule has 2 N–H and O–H groups in total. The molecule has 1 atom stereocenters. The molecule has 6 nitrogen and oxygen atoms in total. The molecular weight excluding hydrogens is 254 g/mol. The van der Waals surface area contributed by atoms with Crippen LogP contribution in [0, 0.1) is 0 Å². The summed E-state index contributed by atoms with van der Waals surface area (Å²) in [6, 6.07) is -0.421. The van der Waals surface area contributed by atoms with Crippen LogP contribution in [-0.2, 0) is 14.8 Å². The van der Waals surface area contributed by atoms with E-state index >= 15 is 0 Å². The van der Waals surface area contributed by atoms with Crippen molar-refractivity contribution in [1.82, 2.24) is 4.90 Å². The number of nitrogens with zero attached hydrogens (tertiary/aromatic N) is 2. The minimum absolute atomic E-state index is 0.0617.